The predicted molar refractivity (Wildman–Crippen MR) is 70.9 cm³/mol. The van der Waals surface area contributed by atoms with Gasteiger partial charge in [-0.1, -0.05) is 43.7 Å². The molecule has 3 rings (SSSR count). The Labute approximate surface area is 108 Å². The van der Waals surface area contributed by atoms with Crippen LogP contribution in [0.2, 0.25) is 0 Å². The SMILES string of the molecule is CCCC1NC(c2ccccc2)N(C2CC2)C1=O. The molecule has 2 unspecified atom stereocenters. The Kier molecular flexibility index (Phi) is 3.08. The lowest BCUT2D eigenvalue weighted by Gasteiger charge is -2.24. The van der Waals surface area contributed by atoms with Gasteiger partial charge in [0.25, 0.3) is 0 Å². The van der Waals surface area contributed by atoms with Crippen LogP contribution in [0.25, 0.3) is 0 Å². The number of benzene rings is 1. The van der Waals surface area contributed by atoms with Crippen LogP contribution in [0.4, 0.5) is 0 Å². The van der Waals surface area contributed by atoms with Crippen LogP contribution in [0, 0.1) is 0 Å². The molecule has 1 N–H and O–H groups in total. The van der Waals surface area contributed by atoms with Crippen LogP contribution in [0.15, 0.2) is 30.3 Å². The average Bonchev–Trinajstić information content (AvgIpc) is 3.18. The molecule has 2 aliphatic rings. The van der Waals surface area contributed by atoms with Gasteiger partial charge in [0.15, 0.2) is 0 Å². The minimum absolute atomic E-state index is 0.0146. The third-order valence-electron chi connectivity index (χ3n) is 3.82. The lowest BCUT2D eigenvalue weighted by Crippen LogP contribution is -2.32. The highest BCUT2D eigenvalue weighted by atomic mass is 16.2. The summed E-state index contributed by atoms with van der Waals surface area (Å²) in [4.78, 5) is 14.5. The van der Waals surface area contributed by atoms with E-state index in [1.54, 1.807) is 0 Å². The van der Waals surface area contributed by atoms with E-state index in [1.165, 1.54) is 5.56 Å². The third-order valence-corrected chi connectivity index (χ3v) is 3.82. The van der Waals surface area contributed by atoms with Gasteiger partial charge in [-0.05, 0) is 24.8 Å². The van der Waals surface area contributed by atoms with Crippen LogP contribution in [-0.4, -0.2) is 22.9 Å². The van der Waals surface area contributed by atoms with Crippen LogP contribution in [-0.2, 0) is 4.79 Å². The lowest BCUT2D eigenvalue weighted by molar-refractivity contribution is -0.130. The fraction of sp³-hybridized carbons (Fsp3) is 0.533. The number of nitrogens with one attached hydrogen (secondary N) is 1. The van der Waals surface area contributed by atoms with E-state index in [0.717, 1.165) is 25.7 Å². The van der Waals surface area contributed by atoms with E-state index in [0.29, 0.717) is 11.9 Å². The first-order valence-corrected chi connectivity index (χ1v) is 6.94. The van der Waals surface area contributed by atoms with Crippen molar-refractivity contribution in [2.75, 3.05) is 0 Å². The second kappa shape index (κ2) is 4.73. The first kappa shape index (κ1) is 11.7. The minimum Gasteiger partial charge on any atom is -0.319 e. The molecule has 0 spiro atoms. The number of carbonyl (C=O) groups excluding carboxylic acids is 1. The van der Waals surface area contributed by atoms with Crippen molar-refractivity contribution in [3.05, 3.63) is 35.9 Å². The molecule has 0 radical (unpaired) electrons. The molecule has 3 heteroatoms. The summed E-state index contributed by atoms with van der Waals surface area (Å²) in [7, 11) is 0. The van der Waals surface area contributed by atoms with E-state index >= 15 is 0 Å². The second-order valence-electron chi connectivity index (χ2n) is 5.30. The molecule has 1 aromatic carbocycles. The molecule has 3 nitrogen and oxygen atoms in total. The third kappa shape index (κ3) is 2.03. The zero-order valence-electron chi connectivity index (χ0n) is 10.8. The molecular formula is C15H20N2O. The molecular weight excluding hydrogens is 224 g/mol. The molecule has 1 amide bonds. The van der Waals surface area contributed by atoms with Gasteiger partial charge >= 0.3 is 0 Å². The summed E-state index contributed by atoms with van der Waals surface area (Å²) in [6.07, 6.45) is 4.39. The van der Waals surface area contributed by atoms with E-state index in [1.807, 2.05) is 18.2 Å². The van der Waals surface area contributed by atoms with Crippen LogP contribution in [0.1, 0.15) is 44.3 Å². The standard InChI is InChI=1S/C15H20N2O/c1-2-6-13-15(18)17(12-9-10-12)14(16-13)11-7-4-3-5-8-11/h3-5,7-8,12-14,16H,2,6,9-10H2,1H3. The van der Waals surface area contributed by atoms with Crippen molar-refractivity contribution in [2.45, 2.75) is 50.9 Å². The molecule has 1 aromatic rings. The maximum absolute atomic E-state index is 12.4. The number of hydrogen-bond donors (Lipinski definition) is 1. The number of nitrogens with zero attached hydrogens (tertiary/aromatic N) is 1. The van der Waals surface area contributed by atoms with Crippen molar-refractivity contribution in [1.82, 2.24) is 10.2 Å². The Morgan fingerprint density at radius 1 is 1.28 bits per heavy atom. The molecule has 1 saturated carbocycles. The van der Waals surface area contributed by atoms with Gasteiger partial charge in [0.05, 0.1) is 6.04 Å². The largest absolute Gasteiger partial charge is 0.319 e. The van der Waals surface area contributed by atoms with E-state index in [9.17, 15) is 4.79 Å². The molecule has 1 aliphatic carbocycles. The summed E-state index contributed by atoms with van der Waals surface area (Å²) in [5.41, 5.74) is 1.20. The van der Waals surface area contributed by atoms with Gasteiger partial charge in [-0.2, -0.15) is 0 Å². The normalized spacial score (nSPS) is 27.8. The molecule has 2 fully saturated rings. The monoisotopic (exact) mass is 244 g/mol. The van der Waals surface area contributed by atoms with Crippen molar-refractivity contribution < 1.29 is 4.79 Å². The topological polar surface area (TPSA) is 32.3 Å². The van der Waals surface area contributed by atoms with Crippen molar-refractivity contribution in [3.8, 4) is 0 Å². The average molecular weight is 244 g/mol. The van der Waals surface area contributed by atoms with E-state index in [-0.39, 0.29) is 12.2 Å². The van der Waals surface area contributed by atoms with Gasteiger partial charge < -0.3 is 4.90 Å². The molecule has 0 aromatic heterocycles. The van der Waals surface area contributed by atoms with Crippen LogP contribution >= 0.6 is 0 Å². The summed E-state index contributed by atoms with van der Waals surface area (Å²) in [6.45, 7) is 2.13. The highest BCUT2D eigenvalue weighted by molar-refractivity contribution is 5.85. The Hall–Kier alpha value is -1.35. The molecule has 2 atom stereocenters. The highest BCUT2D eigenvalue weighted by Gasteiger charge is 2.46. The van der Waals surface area contributed by atoms with Crippen molar-refractivity contribution in [1.29, 1.82) is 0 Å². The smallest absolute Gasteiger partial charge is 0.241 e. The van der Waals surface area contributed by atoms with Crippen molar-refractivity contribution in [3.63, 3.8) is 0 Å². The fourth-order valence-corrected chi connectivity index (χ4v) is 2.78. The lowest BCUT2D eigenvalue weighted by atomic mass is 10.1. The first-order valence-electron chi connectivity index (χ1n) is 6.94. The second-order valence-corrected chi connectivity index (χ2v) is 5.30. The van der Waals surface area contributed by atoms with Crippen molar-refractivity contribution in [2.24, 2.45) is 0 Å². The van der Waals surface area contributed by atoms with Gasteiger partial charge in [-0.25, -0.2) is 0 Å². The summed E-state index contributed by atoms with van der Waals surface area (Å²) in [6, 6.07) is 10.8. The highest BCUT2D eigenvalue weighted by Crippen LogP contribution is 2.37. The molecule has 96 valence electrons. The van der Waals surface area contributed by atoms with Gasteiger partial charge in [0.1, 0.15) is 6.17 Å². The van der Waals surface area contributed by atoms with Crippen molar-refractivity contribution >= 4 is 5.91 Å². The van der Waals surface area contributed by atoms with Gasteiger partial charge in [-0.3, -0.25) is 10.1 Å². The maximum atomic E-state index is 12.4. The van der Waals surface area contributed by atoms with Gasteiger partial charge in [-0.15, -0.1) is 0 Å². The minimum atomic E-state index is 0.0146. The number of rotatable bonds is 4. The maximum Gasteiger partial charge on any atom is 0.241 e. The van der Waals surface area contributed by atoms with E-state index in [4.69, 9.17) is 0 Å². The Bertz CT molecular complexity index is 427. The summed E-state index contributed by atoms with van der Waals surface area (Å²) >= 11 is 0. The summed E-state index contributed by atoms with van der Waals surface area (Å²) < 4.78 is 0. The van der Waals surface area contributed by atoms with E-state index in [2.05, 4.69) is 29.3 Å². The Balaban J connectivity index is 1.86. The van der Waals surface area contributed by atoms with Crippen LogP contribution in [0.3, 0.4) is 0 Å². The molecule has 18 heavy (non-hydrogen) atoms. The first-order chi connectivity index (χ1) is 8.81. The number of hydrogen-bond acceptors (Lipinski definition) is 2. The quantitative estimate of drug-likeness (QED) is 0.882. The van der Waals surface area contributed by atoms with Gasteiger partial charge in [0, 0.05) is 6.04 Å². The van der Waals surface area contributed by atoms with Crippen LogP contribution in [0.5, 0.6) is 0 Å². The van der Waals surface area contributed by atoms with Crippen LogP contribution < -0.4 is 5.32 Å². The molecule has 1 aliphatic heterocycles. The summed E-state index contributed by atoms with van der Waals surface area (Å²) in [5, 5.41) is 3.51. The number of amides is 1. The molecule has 1 saturated heterocycles. The molecule has 0 bridgehead atoms. The predicted octanol–water partition coefficient (Wildman–Crippen LogP) is 2.45. The fourth-order valence-electron chi connectivity index (χ4n) is 2.78. The number of carbonyl (C=O) groups is 1. The van der Waals surface area contributed by atoms with E-state index < -0.39 is 0 Å². The zero-order valence-corrected chi connectivity index (χ0v) is 10.8. The Morgan fingerprint density at radius 3 is 2.61 bits per heavy atom. The molecule has 1 heterocycles. The summed E-state index contributed by atoms with van der Waals surface area (Å²) in [5.74, 6) is 0.299. The zero-order chi connectivity index (χ0) is 12.5. The Morgan fingerprint density at radius 2 is 2.00 bits per heavy atom. The van der Waals surface area contributed by atoms with Gasteiger partial charge in [0.2, 0.25) is 5.91 Å².